The van der Waals surface area contributed by atoms with Crippen LogP contribution < -0.4 is 45.0 Å². The van der Waals surface area contributed by atoms with Crippen LogP contribution in [0.3, 0.4) is 0 Å². The van der Waals surface area contributed by atoms with Gasteiger partial charge in [-0.1, -0.05) is 224 Å². The Balaban J connectivity index is 0.000000319. The van der Waals surface area contributed by atoms with Crippen molar-refractivity contribution in [2.45, 2.75) is 477 Å². The Hall–Kier alpha value is -5.69. The molecular formula is C98H173BrN8O24Si3. The molecule has 4 fully saturated rings. The Labute approximate surface area is 807 Å². The van der Waals surface area contributed by atoms with Crippen LogP contribution >= 0.6 is 15.9 Å². The molecule has 4 saturated heterocycles. The Kier molecular flexibility index (Phi) is 39.6. The predicted molar refractivity (Wildman–Crippen MR) is 535 cm³/mol. The number of carbonyl (C=O) groups excluding carboxylic acids is 2. The van der Waals surface area contributed by atoms with E-state index in [1.54, 1.807) is 47.7 Å². The molecule has 4 N–H and O–H groups in total. The summed E-state index contributed by atoms with van der Waals surface area (Å²) in [5, 5.41) is 19.4. The molecule has 12 atom stereocenters. The van der Waals surface area contributed by atoms with E-state index >= 15 is 0 Å². The van der Waals surface area contributed by atoms with E-state index in [9.17, 15) is 58.2 Å². The average Bonchev–Trinajstić information content (AvgIpc) is 1.54. The van der Waals surface area contributed by atoms with Crippen molar-refractivity contribution in [1.82, 2.24) is 37.4 Å². The van der Waals surface area contributed by atoms with Gasteiger partial charge in [0.25, 0.3) is 22.2 Å². The quantitative estimate of drug-likeness (QED) is 0.0374. The molecule has 0 saturated carbocycles. The lowest BCUT2D eigenvalue weighted by molar-refractivity contribution is -0.0911. The topological polar surface area (TPSA) is 383 Å². The molecule has 4 aromatic heterocycles. The number of hydrogen-bond donors (Lipinski definition) is 4. The fraction of sp³-hybridized carbons (Fsp3) is 0.816. The lowest BCUT2D eigenvalue weighted by atomic mass is 9.74. The third-order valence-electron chi connectivity index (χ3n) is 25.8. The van der Waals surface area contributed by atoms with Crippen LogP contribution in [0.5, 0.6) is 0 Å². The molecule has 0 bridgehead atoms. The van der Waals surface area contributed by atoms with Crippen LogP contribution in [0.25, 0.3) is 0 Å². The van der Waals surface area contributed by atoms with Gasteiger partial charge in [0.15, 0.2) is 25.0 Å². The molecule has 134 heavy (non-hydrogen) atoms. The molecule has 0 spiro atoms. The number of aromatic nitrogens is 8. The minimum absolute atomic E-state index is 0.00527. The molecule has 8 rings (SSSR count). The van der Waals surface area contributed by atoms with E-state index in [0.717, 1.165) is 12.8 Å². The number of nitrogens with one attached hydrogen (secondary N) is 2. The zero-order valence-corrected chi connectivity index (χ0v) is 94.0. The highest BCUT2D eigenvalue weighted by molar-refractivity contribution is 9.08. The van der Waals surface area contributed by atoms with Gasteiger partial charge < -0.3 is 66.1 Å². The van der Waals surface area contributed by atoms with E-state index in [1.807, 2.05) is 13.8 Å². The van der Waals surface area contributed by atoms with E-state index in [0.29, 0.717) is 45.9 Å². The fourth-order valence-electron chi connectivity index (χ4n) is 17.2. The van der Waals surface area contributed by atoms with E-state index in [2.05, 4.69) is 259 Å². The summed E-state index contributed by atoms with van der Waals surface area (Å²) in [6.45, 7) is 86.7. The van der Waals surface area contributed by atoms with Gasteiger partial charge in [0.2, 0.25) is 0 Å². The summed E-state index contributed by atoms with van der Waals surface area (Å²) in [5.74, 6) is 0. The maximum atomic E-state index is 13.7. The van der Waals surface area contributed by atoms with E-state index in [4.69, 9.17) is 55.9 Å². The average molecular weight is 2010 g/mol. The van der Waals surface area contributed by atoms with Crippen molar-refractivity contribution < 1.29 is 75.7 Å². The zero-order valence-electron chi connectivity index (χ0n) is 89.4. The second kappa shape index (κ2) is 44.6. The molecule has 0 amide bonds. The normalized spacial score (nSPS) is 22.3. The second-order valence-corrected chi connectivity index (χ2v) is 64.5. The van der Waals surface area contributed by atoms with Crippen molar-refractivity contribution in [3.8, 4) is 0 Å². The molecule has 4 unspecified atom stereocenters. The first kappa shape index (κ1) is 119. The Bertz CT molecular complexity index is 5060. The van der Waals surface area contributed by atoms with Gasteiger partial charge in [0.1, 0.15) is 42.2 Å². The van der Waals surface area contributed by atoms with Crippen molar-refractivity contribution in [2.75, 3.05) is 6.61 Å². The summed E-state index contributed by atoms with van der Waals surface area (Å²) in [5.41, 5.74) is -6.51. The molecular weight excluding hydrogens is 1840 g/mol. The third-order valence-corrected chi connectivity index (χ3v) is 39.9. The summed E-state index contributed by atoms with van der Waals surface area (Å²) in [6, 6.07) is 0. The molecule has 32 nitrogen and oxygen atoms in total. The Morgan fingerprint density at radius 3 is 0.888 bits per heavy atom. The van der Waals surface area contributed by atoms with Crippen LogP contribution in [-0.4, -0.2) is 170 Å². The number of aliphatic hydroxyl groups is 2. The molecule has 8 heterocycles. The molecule has 4 aliphatic rings. The summed E-state index contributed by atoms with van der Waals surface area (Å²) >= 11 is 3.28. The predicted octanol–water partition coefficient (Wildman–Crippen LogP) is 18.4. The summed E-state index contributed by atoms with van der Waals surface area (Å²) < 4.78 is 80.4. The van der Waals surface area contributed by atoms with Gasteiger partial charge in [-0.05, 0) is 148 Å². The molecule has 4 aliphatic heterocycles. The zero-order chi connectivity index (χ0) is 103. The van der Waals surface area contributed by atoms with Gasteiger partial charge in [-0.3, -0.25) is 47.4 Å². The molecule has 4 aromatic rings. The van der Waals surface area contributed by atoms with Crippen LogP contribution in [0.2, 0.25) is 54.4 Å². The van der Waals surface area contributed by atoms with Crippen LogP contribution in [0, 0.1) is 32.5 Å². The summed E-state index contributed by atoms with van der Waals surface area (Å²) in [4.78, 5) is 134. The first-order chi connectivity index (χ1) is 60.4. The minimum Gasteiger partial charge on any atom is -0.443 e. The van der Waals surface area contributed by atoms with Gasteiger partial charge in [-0.25, -0.2) is 28.8 Å². The number of nitrogens with zero attached hydrogens (tertiary/aromatic N) is 6. The SMILES string of the molecule is CC(C)(C)C(OCc1cn([C@H]2CC(O)[C@@H](CO)O2)c(=O)[nH]c1=O)C(C)(C)C.CC[C@H]1O[C@@H](n2cc(CBr)c(=O)n(C(=O)OC(C)(C)C)c2=O)CC1O[Si](C)(C)C(C)(C)C.CC[C@H]1O[C@@H](n2cc(COC(C(C)(C)C)C(C)(C)C)c(=O)[nH]c2=O)CC1O[Si](C)(C)C(C)(C)C.CC[C@H]1O[C@@H](n2cc(COC(C(C)(C)C)C(C)(C)C)c(=O)n(C(=O)OC(C)(C)C)c2=O)CC1O[Si](C)(C)C(C)(C)C. The number of ether oxygens (including phenoxy) is 9. The lowest BCUT2D eigenvalue weighted by Crippen LogP contribution is -2.48. The summed E-state index contributed by atoms with van der Waals surface area (Å²) in [7, 11) is -6.18. The van der Waals surface area contributed by atoms with Crippen LogP contribution in [-0.2, 0) is 81.1 Å². The van der Waals surface area contributed by atoms with Gasteiger partial charge in [0, 0.05) is 61.4 Å². The molecule has 36 heteroatoms. The van der Waals surface area contributed by atoms with Crippen molar-refractivity contribution in [3.63, 3.8) is 0 Å². The van der Waals surface area contributed by atoms with E-state index in [1.165, 1.54) is 36.9 Å². The molecule has 0 radical (unpaired) electrons. The third kappa shape index (κ3) is 31.4. The van der Waals surface area contributed by atoms with Crippen molar-refractivity contribution in [3.05, 3.63) is 130 Å². The van der Waals surface area contributed by atoms with E-state index in [-0.39, 0.29) is 152 Å². The number of alkyl halides is 1. The standard InChI is InChI=1S/C31H56N2O7Si.C26H48N2O5Si.C22H37BrN2O6Si.C19H32N2O6/c1-16-21-22(40-41(14,15)31(11,12)13)17-23(38-21)32-18-20(19-37-25(28(2,3)4)29(5,6)7)24(34)33(26(32)35)27(36)39-30(8,9)10;1-13-18-19(33-34(11,12)26(8,9)10)14-20(32-18)28-15-17(21(29)27-23(28)30)16-31-22(24(2,3)4)25(5,6)7;1-10-15-16(31-32(8,9)22(5,6)7)11-17(29-15)24-13-14(12-23)18(26)25(19(24)27)20(28)30-21(2,3)4;1-18(2,3)16(19(4,5)6)26-10-11-8-21(17(25)20-15(11)24)14-7-12(23)13(9-22)27-14/h18,21-23,25H,16-17,19H2,1-15H3;15,18-20,22H,13-14,16H2,1-12H3,(H,27,29,30);13,15-17H,10-12H2,1-9H3;8,12-14,16,22-23H,7,9-10H2,1-6H3,(H,20,24,25)/t21-,22?,23-;18-,19?,20-;15-,16?,17-;12?,13-,14-/m1111/s1. The highest BCUT2D eigenvalue weighted by atomic mass is 79.9. The number of halogens is 1. The first-order valence-corrected chi connectivity index (χ1v) is 57.5. The van der Waals surface area contributed by atoms with Crippen LogP contribution in [0.1, 0.15) is 341 Å². The Morgan fingerprint density at radius 2 is 0.642 bits per heavy atom. The van der Waals surface area contributed by atoms with Gasteiger partial charge in [-0.15, -0.1) is 0 Å². The number of hydrogen-bond acceptors (Lipinski definition) is 24. The number of H-pyrrole nitrogens is 2. The minimum atomic E-state index is -2.13. The maximum Gasteiger partial charge on any atom is 0.425 e. The van der Waals surface area contributed by atoms with Crippen molar-refractivity contribution in [1.29, 1.82) is 0 Å². The number of aliphatic hydroxyl groups excluding tert-OH is 2. The second-order valence-electron chi connectivity index (χ2n) is 49.7. The number of carbonyl (C=O) groups is 2. The molecule has 0 aromatic carbocycles. The summed E-state index contributed by atoms with van der Waals surface area (Å²) in [6.07, 6.45) is 2.19. The maximum absolute atomic E-state index is 13.7. The molecule has 0 aliphatic carbocycles. The first-order valence-electron chi connectivity index (χ1n) is 47.7. The smallest absolute Gasteiger partial charge is 0.425 e. The highest BCUT2D eigenvalue weighted by Crippen LogP contribution is 2.47. The van der Waals surface area contributed by atoms with Crippen molar-refractivity contribution in [2.24, 2.45) is 32.5 Å². The number of rotatable bonds is 24. The monoisotopic (exact) mass is 2010 g/mol. The fourth-order valence-corrected chi connectivity index (χ4v) is 21.6. The van der Waals surface area contributed by atoms with E-state index < -0.39 is 130 Å². The van der Waals surface area contributed by atoms with Gasteiger partial charge >= 0.3 is 34.9 Å². The Morgan fingerprint density at radius 1 is 0.396 bits per heavy atom. The van der Waals surface area contributed by atoms with Crippen LogP contribution in [0.4, 0.5) is 9.59 Å². The number of aromatic amines is 2. The van der Waals surface area contributed by atoms with Crippen molar-refractivity contribution >= 4 is 53.1 Å². The highest BCUT2D eigenvalue weighted by Gasteiger charge is 2.50. The molecule has 768 valence electrons. The largest absolute Gasteiger partial charge is 0.443 e. The lowest BCUT2D eigenvalue weighted by Gasteiger charge is -2.40. The van der Waals surface area contributed by atoms with Gasteiger partial charge in [0.05, 0.1) is 104 Å². The van der Waals surface area contributed by atoms with Gasteiger partial charge in [-0.2, -0.15) is 9.13 Å². The van der Waals surface area contributed by atoms with Crippen LogP contribution in [0.15, 0.2) is 63.1 Å².